The molecule has 1 N–H and O–H groups in total. The summed E-state index contributed by atoms with van der Waals surface area (Å²) in [6, 6.07) is 8.27. The van der Waals surface area contributed by atoms with Crippen molar-refractivity contribution < 1.29 is 9.59 Å². The lowest BCUT2D eigenvalue weighted by Crippen LogP contribution is -2.53. The lowest BCUT2D eigenvalue weighted by atomic mass is 9.90. The maximum absolute atomic E-state index is 12.8. The number of rotatable bonds is 2. The van der Waals surface area contributed by atoms with Gasteiger partial charge in [-0.15, -0.1) is 0 Å². The fraction of sp³-hybridized carbons (Fsp3) is 0.556. The Morgan fingerprint density at radius 2 is 2.00 bits per heavy atom. The molecule has 1 fully saturated rings. The van der Waals surface area contributed by atoms with E-state index in [1.807, 2.05) is 21.9 Å². The van der Waals surface area contributed by atoms with Gasteiger partial charge in [0.15, 0.2) is 0 Å². The van der Waals surface area contributed by atoms with Crippen molar-refractivity contribution >= 4 is 11.8 Å². The van der Waals surface area contributed by atoms with Gasteiger partial charge in [0.2, 0.25) is 11.8 Å². The van der Waals surface area contributed by atoms with E-state index in [4.69, 9.17) is 0 Å². The van der Waals surface area contributed by atoms with Gasteiger partial charge in [-0.1, -0.05) is 24.3 Å². The van der Waals surface area contributed by atoms with E-state index in [1.54, 1.807) is 6.92 Å². The molecule has 1 unspecified atom stereocenters. The zero-order chi connectivity index (χ0) is 16.4. The number of carbonyl (C=O) groups is 2. The highest BCUT2D eigenvalue weighted by Crippen LogP contribution is 2.33. The highest BCUT2D eigenvalue weighted by molar-refractivity contribution is 5.80. The van der Waals surface area contributed by atoms with Crippen molar-refractivity contribution in [1.82, 2.24) is 15.1 Å². The number of amides is 2. The van der Waals surface area contributed by atoms with Crippen molar-refractivity contribution in [3.63, 3.8) is 0 Å². The minimum Gasteiger partial charge on any atom is -0.337 e. The molecule has 1 saturated heterocycles. The predicted molar refractivity (Wildman–Crippen MR) is 88.9 cm³/mol. The first-order chi connectivity index (χ1) is 11.1. The van der Waals surface area contributed by atoms with Crippen molar-refractivity contribution in [3.05, 3.63) is 35.4 Å². The quantitative estimate of drug-likeness (QED) is 0.896. The third kappa shape index (κ3) is 3.24. The molecule has 5 nitrogen and oxygen atoms in total. The van der Waals surface area contributed by atoms with Gasteiger partial charge in [-0.2, -0.15) is 0 Å². The molecule has 0 saturated carbocycles. The lowest BCUT2D eigenvalue weighted by Gasteiger charge is -2.39. The predicted octanol–water partition coefficient (Wildman–Crippen LogP) is 1.34. The molecule has 2 aliphatic rings. The van der Waals surface area contributed by atoms with Crippen molar-refractivity contribution in [2.45, 2.75) is 38.8 Å². The first kappa shape index (κ1) is 16.0. The molecular formula is C18H25N3O2. The number of hydrogen-bond donors (Lipinski definition) is 1. The van der Waals surface area contributed by atoms with Crippen LogP contribution in [0.3, 0.4) is 0 Å². The highest BCUT2D eigenvalue weighted by atomic mass is 16.2. The summed E-state index contributed by atoms with van der Waals surface area (Å²) in [6.07, 6.45) is 1.24. The third-order valence-electron chi connectivity index (χ3n) is 5.01. The Hall–Kier alpha value is -1.88. The van der Waals surface area contributed by atoms with Gasteiger partial charge in [0, 0.05) is 39.1 Å². The van der Waals surface area contributed by atoms with Gasteiger partial charge >= 0.3 is 0 Å². The number of benzene rings is 1. The van der Waals surface area contributed by atoms with Crippen molar-refractivity contribution in [3.8, 4) is 0 Å². The van der Waals surface area contributed by atoms with Crippen LogP contribution in [0, 0.1) is 0 Å². The van der Waals surface area contributed by atoms with Gasteiger partial charge in [0.25, 0.3) is 0 Å². The normalized spacial score (nSPS) is 24.3. The summed E-state index contributed by atoms with van der Waals surface area (Å²) in [7, 11) is 0. The average Bonchev–Trinajstić information content (AvgIpc) is 2.55. The molecule has 2 atom stereocenters. The number of hydrogen-bond acceptors (Lipinski definition) is 3. The van der Waals surface area contributed by atoms with Crippen LogP contribution in [0.1, 0.15) is 37.4 Å². The second-order valence-corrected chi connectivity index (χ2v) is 6.52. The van der Waals surface area contributed by atoms with Crippen LogP contribution in [-0.4, -0.2) is 53.8 Å². The van der Waals surface area contributed by atoms with Crippen LogP contribution in [0.4, 0.5) is 0 Å². The SMILES string of the molecule is CC(=O)N1CCc2ccccc2C1CC(=O)N1CCNC[C@H]1C. The Kier molecular flexibility index (Phi) is 4.66. The van der Waals surface area contributed by atoms with E-state index in [0.717, 1.165) is 31.6 Å². The average molecular weight is 315 g/mol. The van der Waals surface area contributed by atoms with Crippen LogP contribution in [-0.2, 0) is 16.0 Å². The maximum atomic E-state index is 12.8. The van der Waals surface area contributed by atoms with Gasteiger partial charge in [-0.3, -0.25) is 9.59 Å². The molecule has 124 valence electrons. The number of nitrogens with zero attached hydrogens (tertiary/aromatic N) is 2. The summed E-state index contributed by atoms with van der Waals surface area (Å²) >= 11 is 0. The lowest BCUT2D eigenvalue weighted by molar-refractivity contribution is -0.138. The van der Waals surface area contributed by atoms with Crippen LogP contribution in [0.5, 0.6) is 0 Å². The van der Waals surface area contributed by atoms with Crippen LogP contribution in [0.15, 0.2) is 24.3 Å². The Bertz CT molecular complexity index is 602. The topological polar surface area (TPSA) is 52.7 Å². The molecule has 3 rings (SSSR count). The fourth-order valence-corrected chi connectivity index (χ4v) is 3.74. The van der Waals surface area contributed by atoms with Gasteiger partial charge < -0.3 is 15.1 Å². The van der Waals surface area contributed by atoms with E-state index < -0.39 is 0 Å². The van der Waals surface area contributed by atoms with E-state index in [1.165, 1.54) is 5.56 Å². The molecule has 0 bridgehead atoms. The Morgan fingerprint density at radius 1 is 1.22 bits per heavy atom. The van der Waals surface area contributed by atoms with E-state index in [-0.39, 0.29) is 23.9 Å². The maximum Gasteiger partial charge on any atom is 0.225 e. The largest absolute Gasteiger partial charge is 0.337 e. The molecule has 1 aromatic carbocycles. The third-order valence-corrected chi connectivity index (χ3v) is 5.01. The summed E-state index contributed by atoms with van der Waals surface area (Å²) in [5.74, 6) is 0.192. The molecule has 23 heavy (non-hydrogen) atoms. The summed E-state index contributed by atoms with van der Waals surface area (Å²) in [6.45, 7) is 6.79. The summed E-state index contributed by atoms with van der Waals surface area (Å²) in [5, 5.41) is 3.31. The number of nitrogens with one attached hydrogen (secondary N) is 1. The van der Waals surface area contributed by atoms with Crippen molar-refractivity contribution in [2.24, 2.45) is 0 Å². The summed E-state index contributed by atoms with van der Waals surface area (Å²) in [4.78, 5) is 28.7. The van der Waals surface area contributed by atoms with Gasteiger partial charge in [0.05, 0.1) is 12.5 Å². The number of carbonyl (C=O) groups excluding carboxylic acids is 2. The van der Waals surface area contributed by atoms with Gasteiger partial charge in [-0.05, 0) is 24.5 Å². The molecule has 1 aromatic rings. The molecule has 2 aliphatic heterocycles. The molecular weight excluding hydrogens is 290 g/mol. The standard InChI is InChI=1S/C18H25N3O2/c1-13-12-19-8-10-20(13)18(23)11-17-16-6-4-3-5-15(16)7-9-21(17)14(2)22/h3-6,13,17,19H,7-12H2,1-2H3/t13-,17?/m1/s1. The molecule has 0 aliphatic carbocycles. The van der Waals surface area contributed by atoms with Crippen molar-refractivity contribution in [1.29, 1.82) is 0 Å². The molecule has 5 heteroatoms. The van der Waals surface area contributed by atoms with Crippen molar-refractivity contribution in [2.75, 3.05) is 26.2 Å². The molecule has 0 radical (unpaired) electrons. The zero-order valence-corrected chi connectivity index (χ0v) is 13.9. The Morgan fingerprint density at radius 3 is 2.74 bits per heavy atom. The van der Waals surface area contributed by atoms with Crippen LogP contribution < -0.4 is 5.32 Å². The second-order valence-electron chi connectivity index (χ2n) is 6.52. The Labute approximate surface area is 137 Å². The highest BCUT2D eigenvalue weighted by Gasteiger charge is 2.33. The smallest absolute Gasteiger partial charge is 0.225 e. The van der Waals surface area contributed by atoms with E-state index >= 15 is 0 Å². The van der Waals surface area contributed by atoms with Gasteiger partial charge in [-0.25, -0.2) is 0 Å². The van der Waals surface area contributed by atoms with Crippen LogP contribution in [0.25, 0.3) is 0 Å². The molecule has 0 spiro atoms. The van der Waals surface area contributed by atoms with E-state index in [0.29, 0.717) is 13.0 Å². The fourth-order valence-electron chi connectivity index (χ4n) is 3.74. The molecule has 0 aromatic heterocycles. The van der Waals surface area contributed by atoms with E-state index in [2.05, 4.69) is 24.4 Å². The van der Waals surface area contributed by atoms with Gasteiger partial charge in [0.1, 0.15) is 0 Å². The minimum absolute atomic E-state index is 0.0469. The van der Waals surface area contributed by atoms with Crippen LogP contribution in [0.2, 0.25) is 0 Å². The monoisotopic (exact) mass is 315 g/mol. The number of fused-ring (bicyclic) bond motifs is 1. The molecule has 2 heterocycles. The minimum atomic E-state index is -0.132. The first-order valence-corrected chi connectivity index (χ1v) is 8.43. The molecule has 2 amide bonds. The first-order valence-electron chi connectivity index (χ1n) is 8.43. The summed E-state index contributed by atoms with van der Waals surface area (Å²) in [5.41, 5.74) is 2.39. The number of piperazine rings is 1. The van der Waals surface area contributed by atoms with E-state index in [9.17, 15) is 9.59 Å². The Balaban J connectivity index is 1.83. The van der Waals surface area contributed by atoms with Crippen LogP contribution >= 0.6 is 0 Å². The summed E-state index contributed by atoms with van der Waals surface area (Å²) < 4.78 is 0. The zero-order valence-electron chi connectivity index (χ0n) is 13.9. The second kappa shape index (κ2) is 6.71.